The minimum Gasteiger partial charge on any atom is -0.365 e. The second kappa shape index (κ2) is 9.16. The molecule has 0 saturated carbocycles. The molecule has 3 aromatic rings. The Hall–Kier alpha value is -4.45. The number of hydrogen-bond acceptors (Lipinski definition) is 7. The number of nitrogens with two attached hydrogens (primary N) is 1. The summed E-state index contributed by atoms with van der Waals surface area (Å²) in [5.74, 6) is -0.336. The lowest BCUT2D eigenvalue weighted by Gasteiger charge is -2.12. The number of nitrogens with one attached hydrogen (secondary N) is 3. The van der Waals surface area contributed by atoms with Crippen molar-refractivity contribution < 1.29 is 9.59 Å². The van der Waals surface area contributed by atoms with E-state index in [0.717, 1.165) is 5.56 Å². The Morgan fingerprint density at radius 2 is 1.90 bits per heavy atom. The van der Waals surface area contributed by atoms with Gasteiger partial charge in [-0.2, -0.15) is 10.2 Å². The molecule has 0 aliphatic heterocycles. The van der Waals surface area contributed by atoms with Crippen molar-refractivity contribution in [3.05, 3.63) is 71.4 Å². The molecular weight excluding hydrogens is 382 g/mol. The topological polar surface area (TPSA) is 146 Å². The van der Waals surface area contributed by atoms with Crippen LogP contribution < -0.4 is 21.7 Å². The summed E-state index contributed by atoms with van der Waals surface area (Å²) in [6, 6.07) is 16.2. The number of rotatable bonds is 7. The highest BCUT2D eigenvalue weighted by atomic mass is 16.1. The SMILES string of the molecule is CC(=O)Nc1cccc(Nc2ncc(C(N)=O)c(NCc3cccc(C#N)c3)n2)c1. The third-order valence-corrected chi connectivity index (χ3v) is 4.01. The lowest BCUT2D eigenvalue weighted by atomic mass is 10.1. The second-order valence-corrected chi connectivity index (χ2v) is 6.37. The van der Waals surface area contributed by atoms with Gasteiger partial charge < -0.3 is 21.7 Å². The largest absolute Gasteiger partial charge is 0.365 e. The number of hydrogen-bond donors (Lipinski definition) is 4. The summed E-state index contributed by atoms with van der Waals surface area (Å²) in [5.41, 5.74) is 8.24. The van der Waals surface area contributed by atoms with Crippen LogP contribution in [0, 0.1) is 11.3 Å². The fraction of sp³-hybridized carbons (Fsp3) is 0.0952. The molecule has 5 N–H and O–H groups in total. The molecule has 0 atom stereocenters. The Morgan fingerprint density at radius 3 is 2.63 bits per heavy atom. The van der Waals surface area contributed by atoms with Crippen LogP contribution in [0.4, 0.5) is 23.1 Å². The van der Waals surface area contributed by atoms with Crippen molar-refractivity contribution in [3.8, 4) is 6.07 Å². The molecule has 9 heteroatoms. The molecule has 2 amide bonds. The van der Waals surface area contributed by atoms with E-state index < -0.39 is 5.91 Å². The van der Waals surface area contributed by atoms with Gasteiger partial charge in [0.15, 0.2) is 0 Å². The molecule has 0 unspecified atom stereocenters. The van der Waals surface area contributed by atoms with Gasteiger partial charge in [0, 0.05) is 31.0 Å². The first kappa shape index (κ1) is 20.3. The van der Waals surface area contributed by atoms with Gasteiger partial charge in [-0.05, 0) is 35.9 Å². The van der Waals surface area contributed by atoms with E-state index in [9.17, 15) is 9.59 Å². The standard InChI is InChI=1S/C21H19N7O2/c1-13(29)26-16-6-3-7-17(9-16)27-21-25-12-18(19(23)30)20(28-21)24-11-15-5-2-4-14(8-15)10-22/h2-9,12H,11H2,1H3,(H2,23,30)(H,26,29)(H2,24,25,27,28). The van der Waals surface area contributed by atoms with Crippen LogP contribution >= 0.6 is 0 Å². The van der Waals surface area contributed by atoms with E-state index in [1.165, 1.54) is 13.1 Å². The Balaban J connectivity index is 1.81. The van der Waals surface area contributed by atoms with Crippen LogP contribution in [-0.4, -0.2) is 21.8 Å². The van der Waals surface area contributed by atoms with Crippen LogP contribution in [-0.2, 0) is 11.3 Å². The maximum Gasteiger partial charge on any atom is 0.254 e. The zero-order valence-electron chi connectivity index (χ0n) is 16.1. The molecule has 9 nitrogen and oxygen atoms in total. The molecule has 0 radical (unpaired) electrons. The van der Waals surface area contributed by atoms with Crippen molar-refractivity contribution in [1.82, 2.24) is 9.97 Å². The van der Waals surface area contributed by atoms with Crippen LogP contribution in [0.5, 0.6) is 0 Å². The van der Waals surface area contributed by atoms with Crippen molar-refractivity contribution >= 4 is 35.0 Å². The normalized spacial score (nSPS) is 10.0. The molecule has 0 fully saturated rings. The monoisotopic (exact) mass is 401 g/mol. The summed E-state index contributed by atoms with van der Waals surface area (Å²) in [4.78, 5) is 31.5. The molecule has 0 aliphatic rings. The van der Waals surface area contributed by atoms with Crippen molar-refractivity contribution in [2.45, 2.75) is 13.5 Å². The number of benzene rings is 2. The van der Waals surface area contributed by atoms with E-state index in [4.69, 9.17) is 11.0 Å². The highest BCUT2D eigenvalue weighted by molar-refractivity contribution is 5.97. The first-order chi connectivity index (χ1) is 14.4. The zero-order valence-corrected chi connectivity index (χ0v) is 16.1. The molecule has 30 heavy (non-hydrogen) atoms. The number of nitrogens with zero attached hydrogens (tertiary/aromatic N) is 3. The average Bonchev–Trinajstić information content (AvgIpc) is 2.72. The van der Waals surface area contributed by atoms with Crippen molar-refractivity contribution in [1.29, 1.82) is 5.26 Å². The molecule has 0 aliphatic carbocycles. The Bertz CT molecular complexity index is 1140. The maximum absolute atomic E-state index is 11.7. The average molecular weight is 401 g/mol. The molecule has 150 valence electrons. The number of anilines is 4. The minimum atomic E-state index is -0.664. The second-order valence-electron chi connectivity index (χ2n) is 6.37. The summed E-state index contributed by atoms with van der Waals surface area (Å²) in [6.45, 7) is 1.76. The van der Waals surface area contributed by atoms with Crippen LogP contribution in [0.3, 0.4) is 0 Å². The number of carbonyl (C=O) groups is 2. The first-order valence-corrected chi connectivity index (χ1v) is 8.99. The number of carbonyl (C=O) groups excluding carboxylic acids is 2. The number of aromatic nitrogens is 2. The third-order valence-electron chi connectivity index (χ3n) is 4.01. The van der Waals surface area contributed by atoms with E-state index in [-0.39, 0.29) is 23.2 Å². The Kier molecular flexibility index (Phi) is 6.20. The number of primary amides is 1. The lowest BCUT2D eigenvalue weighted by Crippen LogP contribution is -2.17. The summed E-state index contributed by atoms with van der Waals surface area (Å²) < 4.78 is 0. The van der Waals surface area contributed by atoms with Gasteiger partial charge in [0.1, 0.15) is 5.82 Å². The molecule has 0 bridgehead atoms. The van der Waals surface area contributed by atoms with Crippen LogP contribution in [0.25, 0.3) is 0 Å². The predicted octanol–water partition coefficient (Wildman–Crippen LogP) is 2.76. The summed E-state index contributed by atoms with van der Waals surface area (Å²) in [5, 5.41) is 17.8. The van der Waals surface area contributed by atoms with E-state index >= 15 is 0 Å². The minimum absolute atomic E-state index is 0.143. The molecule has 3 rings (SSSR count). The fourth-order valence-corrected chi connectivity index (χ4v) is 2.70. The number of amides is 2. The van der Waals surface area contributed by atoms with Gasteiger partial charge in [-0.1, -0.05) is 18.2 Å². The van der Waals surface area contributed by atoms with E-state index in [1.54, 1.807) is 42.5 Å². The molecule has 0 spiro atoms. The summed E-state index contributed by atoms with van der Waals surface area (Å²) in [7, 11) is 0. The van der Waals surface area contributed by atoms with Gasteiger partial charge in [-0.15, -0.1) is 0 Å². The Morgan fingerprint density at radius 1 is 1.13 bits per heavy atom. The lowest BCUT2D eigenvalue weighted by molar-refractivity contribution is -0.114. The summed E-state index contributed by atoms with van der Waals surface area (Å²) >= 11 is 0. The predicted molar refractivity (Wildman–Crippen MR) is 113 cm³/mol. The van der Waals surface area contributed by atoms with Crippen LogP contribution in [0.2, 0.25) is 0 Å². The van der Waals surface area contributed by atoms with E-state index in [2.05, 4.69) is 32.0 Å². The van der Waals surface area contributed by atoms with Gasteiger partial charge >= 0.3 is 0 Å². The van der Waals surface area contributed by atoms with Crippen molar-refractivity contribution in [2.24, 2.45) is 5.73 Å². The molecule has 1 aromatic heterocycles. The van der Waals surface area contributed by atoms with Gasteiger partial charge in [0.05, 0.1) is 17.2 Å². The summed E-state index contributed by atoms with van der Waals surface area (Å²) in [6.07, 6.45) is 1.34. The maximum atomic E-state index is 11.7. The molecular formula is C21H19N7O2. The molecule has 1 heterocycles. The van der Waals surface area contributed by atoms with E-state index in [1.807, 2.05) is 6.07 Å². The van der Waals surface area contributed by atoms with Gasteiger partial charge in [-0.25, -0.2) is 4.98 Å². The number of nitriles is 1. The van der Waals surface area contributed by atoms with Crippen molar-refractivity contribution in [2.75, 3.05) is 16.0 Å². The highest BCUT2D eigenvalue weighted by Gasteiger charge is 2.12. The quantitative estimate of drug-likeness (QED) is 0.476. The van der Waals surface area contributed by atoms with Gasteiger partial charge in [0.2, 0.25) is 11.9 Å². The van der Waals surface area contributed by atoms with Gasteiger partial charge in [0.25, 0.3) is 5.91 Å². The molecule has 0 saturated heterocycles. The first-order valence-electron chi connectivity index (χ1n) is 8.99. The highest BCUT2D eigenvalue weighted by Crippen LogP contribution is 2.21. The Labute approximate surface area is 173 Å². The molecule has 2 aromatic carbocycles. The van der Waals surface area contributed by atoms with E-state index in [0.29, 0.717) is 23.5 Å². The van der Waals surface area contributed by atoms with Crippen molar-refractivity contribution in [3.63, 3.8) is 0 Å². The van der Waals surface area contributed by atoms with Crippen LogP contribution in [0.15, 0.2) is 54.7 Å². The smallest absolute Gasteiger partial charge is 0.254 e. The fourth-order valence-electron chi connectivity index (χ4n) is 2.70. The third kappa shape index (κ3) is 5.30. The van der Waals surface area contributed by atoms with Crippen LogP contribution in [0.1, 0.15) is 28.4 Å². The zero-order chi connectivity index (χ0) is 21.5. The van der Waals surface area contributed by atoms with Gasteiger partial charge in [-0.3, -0.25) is 9.59 Å².